The molecular weight excluding hydrogens is 320 g/mol. The molecule has 0 bridgehead atoms. The van der Waals surface area contributed by atoms with Crippen LogP contribution in [0, 0.1) is 0 Å². The van der Waals surface area contributed by atoms with Crippen LogP contribution in [-0.2, 0) is 15.3 Å². The van der Waals surface area contributed by atoms with Crippen LogP contribution in [0.4, 0.5) is 0 Å². The van der Waals surface area contributed by atoms with E-state index in [0.717, 1.165) is 30.3 Å². The zero-order chi connectivity index (χ0) is 15.9. The lowest BCUT2D eigenvalue weighted by Crippen LogP contribution is -2.37. The van der Waals surface area contributed by atoms with Crippen molar-refractivity contribution in [3.8, 4) is 0 Å². The van der Waals surface area contributed by atoms with Gasteiger partial charge >= 0.3 is 0 Å². The van der Waals surface area contributed by atoms with E-state index in [9.17, 15) is 9.59 Å². The summed E-state index contributed by atoms with van der Waals surface area (Å²) in [5.41, 5.74) is 1.17. The average molecular weight is 341 g/mol. The van der Waals surface area contributed by atoms with Crippen molar-refractivity contribution in [2.24, 2.45) is 0 Å². The van der Waals surface area contributed by atoms with Gasteiger partial charge in [-0.2, -0.15) is 0 Å². The molecule has 0 spiro atoms. The van der Waals surface area contributed by atoms with Crippen LogP contribution in [0.25, 0.3) is 0 Å². The van der Waals surface area contributed by atoms with Gasteiger partial charge in [0.15, 0.2) is 0 Å². The molecule has 0 aliphatic carbocycles. The van der Waals surface area contributed by atoms with Crippen LogP contribution in [0.2, 0.25) is 5.02 Å². The molecule has 22 heavy (non-hydrogen) atoms. The Bertz CT molecular complexity index is 521. The molecule has 1 aromatic rings. The highest BCUT2D eigenvalue weighted by atomic mass is 35.5. The lowest BCUT2D eigenvalue weighted by Gasteiger charge is -2.21. The van der Waals surface area contributed by atoms with Crippen LogP contribution in [0.3, 0.4) is 0 Å². The minimum Gasteiger partial charge on any atom is -0.341 e. The molecule has 1 saturated heterocycles. The molecule has 4 nitrogen and oxygen atoms in total. The Morgan fingerprint density at radius 3 is 2.41 bits per heavy atom. The predicted molar refractivity (Wildman–Crippen MR) is 91.1 cm³/mol. The molecule has 6 heteroatoms. The minimum absolute atomic E-state index is 0.0893. The van der Waals surface area contributed by atoms with Gasteiger partial charge in [0, 0.05) is 43.9 Å². The van der Waals surface area contributed by atoms with E-state index in [-0.39, 0.29) is 11.8 Å². The van der Waals surface area contributed by atoms with Crippen LogP contribution in [-0.4, -0.2) is 53.5 Å². The molecule has 120 valence electrons. The number of benzene rings is 1. The van der Waals surface area contributed by atoms with Gasteiger partial charge in [-0.15, -0.1) is 11.8 Å². The van der Waals surface area contributed by atoms with Crippen molar-refractivity contribution < 1.29 is 9.59 Å². The normalized spacial score (nSPS) is 15.5. The summed E-state index contributed by atoms with van der Waals surface area (Å²) >= 11 is 7.46. The smallest absolute Gasteiger partial charge is 0.232 e. The topological polar surface area (TPSA) is 40.6 Å². The summed E-state index contributed by atoms with van der Waals surface area (Å²) in [4.78, 5) is 27.3. The molecule has 0 radical (unpaired) electrons. The maximum Gasteiger partial charge on any atom is 0.232 e. The minimum atomic E-state index is 0.0893. The van der Waals surface area contributed by atoms with Gasteiger partial charge in [0.1, 0.15) is 0 Å². The van der Waals surface area contributed by atoms with Gasteiger partial charge in [0.25, 0.3) is 0 Å². The monoisotopic (exact) mass is 340 g/mol. The quantitative estimate of drug-likeness (QED) is 0.846. The first-order chi connectivity index (χ1) is 10.6. The molecular formula is C16H21ClN2O2S. The third kappa shape index (κ3) is 5.21. The average Bonchev–Trinajstić information content (AvgIpc) is 2.75. The van der Waals surface area contributed by atoms with Gasteiger partial charge in [0.2, 0.25) is 11.8 Å². The second-order valence-electron chi connectivity index (χ2n) is 5.36. The largest absolute Gasteiger partial charge is 0.341 e. The van der Waals surface area contributed by atoms with Crippen molar-refractivity contribution in [3.05, 3.63) is 34.9 Å². The summed E-state index contributed by atoms with van der Waals surface area (Å²) in [6.07, 6.45) is 0.854. The summed E-state index contributed by atoms with van der Waals surface area (Å²) in [6, 6.07) is 7.70. The van der Waals surface area contributed by atoms with Gasteiger partial charge in [-0.05, 0) is 24.1 Å². The Balaban J connectivity index is 1.75. The van der Waals surface area contributed by atoms with E-state index in [2.05, 4.69) is 0 Å². The molecule has 0 atom stereocenters. The summed E-state index contributed by atoms with van der Waals surface area (Å²) in [6.45, 7) is 4.35. The van der Waals surface area contributed by atoms with Crippen LogP contribution in [0.5, 0.6) is 0 Å². The summed E-state index contributed by atoms with van der Waals surface area (Å²) < 4.78 is 0. The molecule has 0 saturated carbocycles. The number of amides is 2. The Labute approximate surface area is 140 Å². The van der Waals surface area contributed by atoms with Crippen molar-refractivity contribution in [1.29, 1.82) is 0 Å². The second kappa shape index (κ2) is 8.44. The van der Waals surface area contributed by atoms with Gasteiger partial charge in [0.05, 0.1) is 5.75 Å². The van der Waals surface area contributed by atoms with Crippen LogP contribution < -0.4 is 0 Å². The van der Waals surface area contributed by atoms with Crippen molar-refractivity contribution >= 4 is 35.2 Å². The molecule has 1 aromatic carbocycles. The molecule has 0 N–H and O–H groups in total. The van der Waals surface area contributed by atoms with Crippen LogP contribution >= 0.6 is 23.4 Å². The fourth-order valence-electron chi connectivity index (χ4n) is 2.41. The predicted octanol–water partition coefficient (Wildman–Crippen LogP) is 2.65. The Hall–Kier alpha value is -1.20. The van der Waals surface area contributed by atoms with Gasteiger partial charge < -0.3 is 9.80 Å². The zero-order valence-electron chi connectivity index (χ0n) is 12.8. The van der Waals surface area contributed by atoms with E-state index in [1.807, 2.05) is 34.1 Å². The van der Waals surface area contributed by atoms with Crippen molar-refractivity contribution in [3.63, 3.8) is 0 Å². The van der Waals surface area contributed by atoms with E-state index >= 15 is 0 Å². The molecule has 2 amide bonds. The summed E-state index contributed by atoms with van der Waals surface area (Å²) in [7, 11) is 0. The highest BCUT2D eigenvalue weighted by molar-refractivity contribution is 7.99. The van der Waals surface area contributed by atoms with E-state index < -0.39 is 0 Å². The van der Waals surface area contributed by atoms with Gasteiger partial charge in [-0.3, -0.25) is 9.59 Å². The number of halogens is 1. The first kappa shape index (κ1) is 17.2. The Morgan fingerprint density at radius 2 is 1.73 bits per heavy atom. The maximum atomic E-state index is 12.3. The maximum absolute atomic E-state index is 12.3. The van der Waals surface area contributed by atoms with E-state index in [1.54, 1.807) is 18.7 Å². The third-order valence-electron chi connectivity index (χ3n) is 3.70. The Morgan fingerprint density at radius 1 is 1.09 bits per heavy atom. The first-order valence-electron chi connectivity index (χ1n) is 7.42. The number of thioether (sulfide) groups is 1. The molecule has 0 aromatic heterocycles. The zero-order valence-corrected chi connectivity index (χ0v) is 14.3. The van der Waals surface area contributed by atoms with E-state index in [0.29, 0.717) is 18.8 Å². The van der Waals surface area contributed by atoms with E-state index in [1.165, 1.54) is 5.56 Å². The first-order valence-corrected chi connectivity index (χ1v) is 8.95. The highest BCUT2D eigenvalue weighted by Gasteiger charge is 2.19. The molecule has 2 rings (SSSR count). The van der Waals surface area contributed by atoms with Gasteiger partial charge in [-0.1, -0.05) is 23.7 Å². The summed E-state index contributed by atoms with van der Waals surface area (Å²) in [5.74, 6) is 1.52. The SMILES string of the molecule is CC(=O)N1CCCN(C(=O)CSCc2ccc(Cl)cc2)CC1. The third-order valence-corrected chi connectivity index (χ3v) is 4.94. The number of carbonyl (C=O) groups excluding carboxylic acids is 2. The van der Waals surface area contributed by atoms with Crippen molar-refractivity contribution in [1.82, 2.24) is 9.80 Å². The number of nitrogens with zero attached hydrogens (tertiary/aromatic N) is 2. The van der Waals surface area contributed by atoms with Crippen LogP contribution in [0.1, 0.15) is 18.9 Å². The number of hydrogen-bond donors (Lipinski definition) is 0. The fraction of sp³-hybridized carbons (Fsp3) is 0.500. The van der Waals surface area contributed by atoms with E-state index in [4.69, 9.17) is 11.6 Å². The molecule has 1 fully saturated rings. The second-order valence-corrected chi connectivity index (χ2v) is 6.78. The molecule has 1 aliphatic heterocycles. The molecule has 0 unspecified atom stereocenters. The number of carbonyl (C=O) groups is 2. The lowest BCUT2D eigenvalue weighted by molar-refractivity contribution is -0.130. The van der Waals surface area contributed by atoms with Crippen LogP contribution in [0.15, 0.2) is 24.3 Å². The standard InChI is InChI=1S/C16H21ClN2O2S/c1-13(20)18-7-2-8-19(10-9-18)16(21)12-22-11-14-3-5-15(17)6-4-14/h3-6H,2,7-12H2,1H3. The van der Waals surface area contributed by atoms with Crippen molar-refractivity contribution in [2.45, 2.75) is 19.1 Å². The molecule has 1 aliphatic rings. The molecule has 1 heterocycles. The highest BCUT2D eigenvalue weighted by Crippen LogP contribution is 2.16. The number of rotatable bonds is 4. The summed E-state index contributed by atoms with van der Waals surface area (Å²) in [5, 5.41) is 0.726. The van der Waals surface area contributed by atoms with Crippen molar-refractivity contribution in [2.75, 3.05) is 31.9 Å². The lowest BCUT2D eigenvalue weighted by atomic mass is 10.2. The Kier molecular flexibility index (Phi) is 6.58. The number of hydrogen-bond acceptors (Lipinski definition) is 3. The fourth-order valence-corrected chi connectivity index (χ4v) is 3.42. The van der Waals surface area contributed by atoms with Gasteiger partial charge in [-0.25, -0.2) is 0 Å².